The van der Waals surface area contributed by atoms with E-state index in [2.05, 4.69) is 5.32 Å². The summed E-state index contributed by atoms with van der Waals surface area (Å²) in [5, 5.41) is 2.68. The van der Waals surface area contributed by atoms with Gasteiger partial charge >= 0.3 is 0 Å². The van der Waals surface area contributed by atoms with Gasteiger partial charge < -0.3 is 10.2 Å². The summed E-state index contributed by atoms with van der Waals surface area (Å²) in [5.74, 6) is -1.03. The van der Waals surface area contributed by atoms with Crippen LogP contribution in [0.2, 0.25) is 5.02 Å². The predicted octanol–water partition coefficient (Wildman–Crippen LogP) is 4.04. The molecule has 0 bridgehead atoms. The molecule has 0 unspecified atom stereocenters. The molecule has 2 aromatic rings. The highest BCUT2D eigenvalue weighted by Crippen LogP contribution is 2.18. The number of halogens is 2. The lowest BCUT2D eigenvalue weighted by Gasteiger charge is -2.27. The number of nitrogens with zero attached hydrogens (tertiary/aromatic N) is 1. The molecule has 0 heterocycles. The molecule has 0 atom stereocenters. The van der Waals surface area contributed by atoms with Crippen LogP contribution in [0, 0.1) is 5.82 Å². The van der Waals surface area contributed by atoms with Crippen molar-refractivity contribution >= 4 is 29.1 Å². The van der Waals surface area contributed by atoms with Crippen molar-refractivity contribution in [1.29, 1.82) is 0 Å². The average Bonchev–Trinajstić information content (AvgIpc) is 2.55. The Morgan fingerprint density at radius 2 is 1.84 bits per heavy atom. The maximum Gasteiger partial charge on any atom is 0.252 e. The molecular weight excluding hydrogens is 343 g/mol. The molecule has 0 aromatic heterocycles. The molecule has 25 heavy (non-hydrogen) atoms. The first-order chi connectivity index (χ1) is 11.9. The Kier molecular flexibility index (Phi) is 6.53. The van der Waals surface area contributed by atoms with Crippen LogP contribution < -0.4 is 10.2 Å². The number of anilines is 1. The van der Waals surface area contributed by atoms with Crippen molar-refractivity contribution in [2.75, 3.05) is 11.4 Å². The van der Waals surface area contributed by atoms with Crippen molar-refractivity contribution < 1.29 is 14.0 Å². The van der Waals surface area contributed by atoms with Gasteiger partial charge in [0.1, 0.15) is 5.82 Å². The molecule has 2 rings (SSSR count). The van der Waals surface area contributed by atoms with Gasteiger partial charge in [-0.2, -0.15) is 0 Å². The molecule has 0 fully saturated rings. The zero-order valence-electron chi connectivity index (χ0n) is 14.1. The monoisotopic (exact) mass is 362 g/mol. The number of amides is 2. The van der Waals surface area contributed by atoms with Gasteiger partial charge in [0.15, 0.2) is 0 Å². The summed E-state index contributed by atoms with van der Waals surface area (Å²) in [6, 6.07) is 12.9. The summed E-state index contributed by atoms with van der Waals surface area (Å²) < 4.78 is 13.0. The van der Waals surface area contributed by atoms with Crippen LogP contribution in [0.3, 0.4) is 0 Å². The third-order valence-corrected chi connectivity index (χ3v) is 3.93. The van der Waals surface area contributed by atoms with Crippen LogP contribution in [0.25, 0.3) is 0 Å². The minimum absolute atomic E-state index is 0.00264. The summed E-state index contributed by atoms with van der Waals surface area (Å²) in [5.41, 5.74) is 0.995. The second-order valence-electron chi connectivity index (χ2n) is 5.82. The SMILES string of the molecule is CC(C)N(C(=O)CCNC(=O)c1ccc(F)cc1Cl)c1ccccc1. The van der Waals surface area contributed by atoms with E-state index in [9.17, 15) is 14.0 Å². The quantitative estimate of drug-likeness (QED) is 0.843. The maximum absolute atomic E-state index is 13.0. The van der Waals surface area contributed by atoms with E-state index >= 15 is 0 Å². The van der Waals surface area contributed by atoms with E-state index < -0.39 is 11.7 Å². The molecule has 0 radical (unpaired) electrons. The molecule has 0 spiro atoms. The highest BCUT2D eigenvalue weighted by Gasteiger charge is 2.19. The summed E-state index contributed by atoms with van der Waals surface area (Å²) in [6.45, 7) is 4.03. The van der Waals surface area contributed by atoms with Crippen LogP contribution in [0.5, 0.6) is 0 Å². The fourth-order valence-electron chi connectivity index (χ4n) is 2.49. The fraction of sp³-hybridized carbons (Fsp3) is 0.263. The van der Waals surface area contributed by atoms with E-state index in [1.807, 2.05) is 44.2 Å². The third kappa shape index (κ3) is 5.03. The van der Waals surface area contributed by atoms with Crippen molar-refractivity contribution in [3.63, 3.8) is 0 Å². The molecule has 0 saturated carbocycles. The second-order valence-corrected chi connectivity index (χ2v) is 6.23. The lowest BCUT2D eigenvalue weighted by molar-refractivity contribution is -0.118. The molecule has 1 N–H and O–H groups in total. The van der Waals surface area contributed by atoms with Crippen molar-refractivity contribution in [3.05, 3.63) is 64.9 Å². The minimum atomic E-state index is -0.507. The first-order valence-corrected chi connectivity index (χ1v) is 8.38. The Morgan fingerprint density at radius 1 is 1.16 bits per heavy atom. The Hall–Kier alpha value is -2.40. The van der Waals surface area contributed by atoms with Crippen LogP contribution in [-0.4, -0.2) is 24.4 Å². The molecule has 0 saturated heterocycles. The molecule has 2 amide bonds. The number of hydrogen-bond donors (Lipinski definition) is 1. The number of hydrogen-bond acceptors (Lipinski definition) is 2. The smallest absolute Gasteiger partial charge is 0.252 e. The molecule has 6 heteroatoms. The number of benzene rings is 2. The van der Waals surface area contributed by atoms with Crippen molar-refractivity contribution in [3.8, 4) is 0 Å². The fourth-order valence-corrected chi connectivity index (χ4v) is 2.74. The largest absolute Gasteiger partial charge is 0.351 e. The standard InChI is InChI=1S/C19H20ClFN2O2/c1-13(2)23(15-6-4-3-5-7-15)18(24)10-11-22-19(25)16-9-8-14(21)12-17(16)20/h3-9,12-13H,10-11H2,1-2H3,(H,22,25). The Balaban J connectivity index is 1.95. The number of carbonyl (C=O) groups excluding carboxylic acids is 2. The van der Waals surface area contributed by atoms with Crippen LogP contribution in [0.15, 0.2) is 48.5 Å². The van der Waals surface area contributed by atoms with Gasteiger partial charge in [0.05, 0.1) is 10.6 Å². The molecule has 4 nitrogen and oxygen atoms in total. The molecular formula is C19H20ClFN2O2. The molecule has 0 aliphatic heterocycles. The number of carbonyl (C=O) groups is 2. The van der Waals surface area contributed by atoms with E-state index in [4.69, 9.17) is 11.6 Å². The van der Waals surface area contributed by atoms with Gasteiger partial charge in [-0.25, -0.2) is 4.39 Å². The number of nitrogens with one attached hydrogen (secondary N) is 1. The van der Waals surface area contributed by atoms with Gasteiger partial charge in [-0.3, -0.25) is 9.59 Å². The van der Waals surface area contributed by atoms with Gasteiger partial charge in [-0.05, 0) is 44.2 Å². The van der Waals surface area contributed by atoms with Gasteiger partial charge in [0.2, 0.25) is 5.91 Å². The summed E-state index contributed by atoms with van der Waals surface area (Å²) in [7, 11) is 0. The van der Waals surface area contributed by atoms with E-state index in [1.54, 1.807) is 4.90 Å². The highest BCUT2D eigenvalue weighted by atomic mass is 35.5. The number of rotatable bonds is 6. The zero-order valence-corrected chi connectivity index (χ0v) is 14.9. The normalized spacial score (nSPS) is 10.6. The van der Waals surface area contributed by atoms with Gasteiger partial charge in [0, 0.05) is 24.7 Å². The van der Waals surface area contributed by atoms with Crippen LogP contribution in [0.4, 0.5) is 10.1 Å². The van der Waals surface area contributed by atoms with Gasteiger partial charge in [-0.15, -0.1) is 0 Å². The second kappa shape index (κ2) is 8.62. The van der Waals surface area contributed by atoms with Crippen molar-refractivity contribution in [2.24, 2.45) is 0 Å². The lowest BCUT2D eigenvalue weighted by atomic mass is 10.2. The van der Waals surface area contributed by atoms with E-state index in [-0.39, 0.29) is 35.5 Å². The van der Waals surface area contributed by atoms with Crippen LogP contribution in [-0.2, 0) is 4.79 Å². The topological polar surface area (TPSA) is 49.4 Å². The first-order valence-electron chi connectivity index (χ1n) is 8.00. The summed E-state index contributed by atoms with van der Waals surface area (Å²) >= 11 is 5.86. The maximum atomic E-state index is 13.0. The van der Waals surface area contributed by atoms with E-state index in [0.29, 0.717) is 0 Å². The molecule has 132 valence electrons. The van der Waals surface area contributed by atoms with E-state index in [0.717, 1.165) is 11.8 Å². The highest BCUT2D eigenvalue weighted by molar-refractivity contribution is 6.33. The predicted molar refractivity (Wildman–Crippen MR) is 97.4 cm³/mol. The summed E-state index contributed by atoms with van der Waals surface area (Å²) in [6.07, 6.45) is 0.150. The Bertz CT molecular complexity index is 750. The Labute approximate surface area is 151 Å². The average molecular weight is 363 g/mol. The van der Waals surface area contributed by atoms with Gasteiger partial charge in [0.25, 0.3) is 5.91 Å². The molecule has 0 aliphatic carbocycles. The molecule has 0 aliphatic rings. The zero-order chi connectivity index (χ0) is 18.4. The lowest BCUT2D eigenvalue weighted by Crippen LogP contribution is -2.39. The van der Waals surface area contributed by atoms with Crippen LogP contribution in [0.1, 0.15) is 30.6 Å². The first kappa shape index (κ1) is 18.9. The van der Waals surface area contributed by atoms with Gasteiger partial charge in [-0.1, -0.05) is 29.8 Å². The third-order valence-electron chi connectivity index (χ3n) is 3.62. The number of para-hydroxylation sites is 1. The van der Waals surface area contributed by atoms with Crippen molar-refractivity contribution in [2.45, 2.75) is 26.3 Å². The summed E-state index contributed by atoms with van der Waals surface area (Å²) in [4.78, 5) is 26.3. The minimum Gasteiger partial charge on any atom is -0.351 e. The Morgan fingerprint density at radius 3 is 2.44 bits per heavy atom. The van der Waals surface area contributed by atoms with Crippen molar-refractivity contribution in [1.82, 2.24) is 5.32 Å². The molecule has 2 aromatic carbocycles. The van der Waals surface area contributed by atoms with E-state index in [1.165, 1.54) is 12.1 Å². The van der Waals surface area contributed by atoms with Crippen LogP contribution >= 0.6 is 11.6 Å².